The van der Waals surface area contributed by atoms with Gasteiger partial charge in [0.1, 0.15) is 0 Å². The van der Waals surface area contributed by atoms with Gasteiger partial charge in [0.2, 0.25) is 11.0 Å². The Labute approximate surface area is 104 Å². The lowest BCUT2D eigenvalue weighted by Gasteiger charge is -2.36. The molecule has 0 aliphatic heterocycles. The molecular weight excluding hydrogens is 238 g/mol. The number of nitrogens with one attached hydrogen (secondary N) is 1. The Morgan fingerprint density at radius 2 is 2.29 bits per heavy atom. The lowest BCUT2D eigenvalue weighted by Crippen LogP contribution is -2.44. The average molecular weight is 255 g/mol. The summed E-state index contributed by atoms with van der Waals surface area (Å²) < 4.78 is 3.62. The van der Waals surface area contributed by atoms with Crippen molar-refractivity contribution in [1.82, 2.24) is 14.8 Å². The zero-order valence-corrected chi connectivity index (χ0v) is 10.7. The molecule has 6 nitrogen and oxygen atoms in total. The molecule has 0 aromatic carbocycles. The van der Waals surface area contributed by atoms with E-state index < -0.39 is 5.41 Å². The Balaban J connectivity index is 2.05. The third-order valence-corrected chi connectivity index (χ3v) is 4.13. The van der Waals surface area contributed by atoms with Gasteiger partial charge in [-0.05, 0) is 36.8 Å². The van der Waals surface area contributed by atoms with E-state index in [0.717, 1.165) is 37.2 Å². The van der Waals surface area contributed by atoms with Crippen LogP contribution in [-0.4, -0.2) is 27.3 Å². The molecule has 3 N–H and O–H groups in total. The van der Waals surface area contributed by atoms with Crippen molar-refractivity contribution < 1.29 is 4.79 Å². The molecule has 1 aliphatic rings. The molecular formula is C10H17N5OS. The summed E-state index contributed by atoms with van der Waals surface area (Å²) in [6, 6.07) is 0. The number of carbonyl (C=O) groups excluding carboxylic acids is 1. The van der Waals surface area contributed by atoms with Crippen molar-refractivity contribution in [2.24, 2.45) is 17.1 Å². The van der Waals surface area contributed by atoms with E-state index in [4.69, 9.17) is 5.73 Å². The van der Waals surface area contributed by atoms with Crippen LogP contribution in [0.25, 0.3) is 0 Å². The Hall–Kier alpha value is -1.08. The first-order valence-electron chi connectivity index (χ1n) is 5.83. The van der Waals surface area contributed by atoms with Gasteiger partial charge in [-0.1, -0.05) is 16.5 Å². The smallest absolute Gasteiger partial charge is 0.233 e. The van der Waals surface area contributed by atoms with E-state index in [1.807, 2.05) is 0 Å². The number of rotatable bonds is 3. The Morgan fingerprint density at radius 3 is 2.82 bits per heavy atom. The zero-order chi connectivity index (χ0) is 12.3. The predicted molar refractivity (Wildman–Crippen MR) is 65.5 cm³/mol. The summed E-state index contributed by atoms with van der Waals surface area (Å²) in [5.74, 6) is 0.649. The molecule has 7 heteroatoms. The molecule has 0 unspecified atom stereocenters. The van der Waals surface area contributed by atoms with Gasteiger partial charge < -0.3 is 5.73 Å². The summed E-state index contributed by atoms with van der Waals surface area (Å²) in [7, 11) is 0. The first kappa shape index (κ1) is 12.4. The number of carbonyl (C=O) groups is 1. The summed E-state index contributed by atoms with van der Waals surface area (Å²) in [4.78, 5) is 12.2. The zero-order valence-electron chi connectivity index (χ0n) is 9.85. The van der Waals surface area contributed by atoms with Crippen molar-refractivity contribution in [3.63, 3.8) is 0 Å². The molecule has 1 heterocycles. The molecule has 17 heavy (non-hydrogen) atoms. The lowest BCUT2D eigenvalue weighted by molar-refractivity contribution is -0.127. The van der Waals surface area contributed by atoms with Crippen molar-refractivity contribution in [3.8, 4) is 0 Å². The van der Waals surface area contributed by atoms with Gasteiger partial charge in [0.25, 0.3) is 0 Å². The first-order chi connectivity index (χ1) is 8.16. The largest absolute Gasteiger partial charge is 0.329 e. The number of nitrogens with two attached hydrogens (primary N) is 1. The quantitative estimate of drug-likeness (QED) is 0.841. The molecule has 0 radical (unpaired) electrons. The Morgan fingerprint density at radius 1 is 1.59 bits per heavy atom. The van der Waals surface area contributed by atoms with Gasteiger partial charge >= 0.3 is 0 Å². The molecule has 94 valence electrons. The molecule has 1 amide bonds. The minimum atomic E-state index is -0.432. The van der Waals surface area contributed by atoms with Crippen molar-refractivity contribution >= 4 is 22.6 Å². The maximum atomic E-state index is 12.2. The van der Waals surface area contributed by atoms with Crippen LogP contribution in [0.1, 0.15) is 32.6 Å². The summed E-state index contributed by atoms with van der Waals surface area (Å²) in [5, 5.41) is 10.4. The van der Waals surface area contributed by atoms with Crippen LogP contribution in [0.4, 0.5) is 5.13 Å². The molecule has 1 aromatic heterocycles. The molecule has 2 rings (SSSR count). The lowest BCUT2D eigenvalue weighted by atomic mass is 9.70. The normalized spacial score (nSPS) is 28.9. The topological polar surface area (TPSA) is 93.8 Å². The fourth-order valence-corrected chi connectivity index (χ4v) is 2.61. The van der Waals surface area contributed by atoms with Crippen LogP contribution in [0.3, 0.4) is 0 Å². The second-order valence-electron chi connectivity index (χ2n) is 4.79. The van der Waals surface area contributed by atoms with E-state index in [2.05, 4.69) is 27.0 Å². The van der Waals surface area contributed by atoms with Crippen LogP contribution >= 0.6 is 11.5 Å². The Bertz CT molecular complexity index is 372. The number of amides is 1. The van der Waals surface area contributed by atoms with E-state index >= 15 is 0 Å². The summed E-state index contributed by atoms with van der Waals surface area (Å²) in [6.45, 7) is 2.60. The number of hydrogen-bond acceptors (Lipinski definition) is 6. The highest BCUT2D eigenvalue weighted by Gasteiger charge is 2.40. The molecule has 0 atom stereocenters. The standard InChI is InChI=1S/C10H17N5OS/c1-7-2-4-10(6-11,5-3-7)8(16)12-9-13-14-15-17-9/h7H,2-6,11H2,1H3,(H,12,13,15,16). The van der Waals surface area contributed by atoms with Crippen LogP contribution < -0.4 is 11.1 Å². The first-order valence-corrected chi connectivity index (χ1v) is 6.60. The minimum Gasteiger partial charge on any atom is -0.329 e. The fourth-order valence-electron chi connectivity index (χ4n) is 2.25. The summed E-state index contributed by atoms with van der Waals surface area (Å²) in [6.07, 6.45) is 3.81. The molecule has 1 aliphatic carbocycles. The van der Waals surface area contributed by atoms with Crippen LogP contribution in [0.5, 0.6) is 0 Å². The van der Waals surface area contributed by atoms with E-state index in [1.54, 1.807) is 0 Å². The molecule has 0 saturated heterocycles. The number of nitrogens with zero attached hydrogens (tertiary/aromatic N) is 3. The second kappa shape index (κ2) is 5.05. The van der Waals surface area contributed by atoms with Gasteiger partial charge in [0, 0.05) is 18.1 Å². The number of hydrogen-bond donors (Lipinski definition) is 2. The molecule has 0 spiro atoms. The fraction of sp³-hybridized carbons (Fsp3) is 0.800. The third kappa shape index (κ3) is 2.61. The van der Waals surface area contributed by atoms with Gasteiger partial charge in [-0.25, -0.2) is 0 Å². The van der Waals surface area contributed by atoms with E-state index in [-0.39, 0.29) is 5.91 Å². The summed E-state index contributed by atoms with van der Waals surface area (Å²) in [5.41, 5.74) is 5.37. The highest BCUT2D eigenvalue weighted by atomic mass is 32.1. The monoisotopic (exact) mass is 255 g/mol. The SMILES string of the molecule is CC1CCC(CN)(C(=O)Nc2nnns2)CC1. The van der Waals surface area contributed by atoms with Crippen molar-refractivity contribution in [2.45, 2.75) is 32.6 Å². The van der Waals surface area contributed by atoms with E-state index in [9.17, 15) is 4.79 Å². The number of aromatic nitrogens is 3. The Kier molecular flexibility index (Phi) is 3.68. The van der Waals surface area contributed by atoms with Gasteiger partial charge in [-0.15, -0.1) is 0 Å². The average Bonchev–Trinajstić information content (AvgIpc) is 2.83. The van der Waals surface area contributed by atoms with Gasteiger partial charge in [-0.2, -0.15) is 0 Å². The molecule has 0 bridgehead atoms. The van der Waals surface area contributed by atoms with E-state index in [1.165, 1.54) is 0 Å². The minimum absolute atomic E-state index is 0.0366. The van der Waals surface area contributed by atoms with Crippen LogP contribution in [0, 0.1) is 11.3 Å². The van der Waals surface area contributed by atoms with Gasteiger partial charge in [0.15, 0.2) is 0 Å². The second-order valence-corrected chi connectivity index (χ2v) is 5.52. The van der Waals surface area contributed by atoms with Crippen molar-refractivity contribution in [3.05, 3.63) is 0 Å². The van der Waals surface area contributed by atoms with Crippen LogP contribution in [-0.2, 0) is 4.79 Å². The van der Waals surface area contributed by atoms with E-state index in [0.29, 0.717) is 17.6 Å². The van der Waals surface area contributed by atoms with Gasteiger partial charge in [-0.3, -0.25) is 10.1 Å². The molecule has 1 fully saturated rings. The maximum absolute atomic E-state index is 12.2. The third-order valence-electron chi connectivity index (χ3n) is 3.62. The highest BCUT2D eigenvalue weighted by molar-refractivity contribution is 7.09. The van der Waals surface area contributed by atoms with Gasteiger partial charge in [0.05, 0.1) is 5.41 Å². The summed E-state index contributed by atoms with van der Waals surface area (Å²) >= 11 is 1.08. The van der Waals surface area contributed by atoms with Crippen molar-refractivity contribution in [2.75, 3.05) is 11.9 Å². The highest BCUT2D eigenvalue weighted by Crippen LogP contribution is 2.39. The van der Waals surface area contributed by atoms with Crippen LogP contribution in [0.15, 0.2) is 0 Å². The van der Waals surface area contributed by atoms with Crippen molar-refractivity contribution in [1.29, 1.82) is 0 Å². The molecule has 1 aromatic rings. The number of anilines is 1. The molecule has 1 saturated carbocycles. The maximum Gasteiger partial charge on any atom is 0.233 e. The predicted octanol–water partition coefficient (Wildman–Crippen LogP) is 1.03. The van der Waals surface area contributed by atoms with Crippen LogP contribution in [0.2, 0.25) is 0 Å².